The van der Waals surface area contributed by atoms with Gasteiger partial charge in [-0.25, -0.2) is 0 Å². The Morgan fingerprint density at radius 1 is 1.09 bits per heavy atom. The third-order valence-electron chi connectivity index (χ3n) is 5.48. The standard InChI is InChI=1S/C25H30N2O4S2/c1-17(2)16-27-23(29)21(33-24(27)32)14-22(28)26-15-18-10-12-20(13-11-18)25(30-3,31-4)19-8-6-5-7-9-19/h5-13,17,21H,14-16H2,1-4H3,(H,26,28). The molecule has 1 atom stereocenters. The molecule has 2 amide bonds. The van der Waals surface area contributed by atoms with Gasteiger partial charge < -0.3 is 14.8 Å². The Balaban J connectivity index is 1.60. The van der Waals surface area contributed by atoms with Gasteiger partial charge in [0, 0.05) is 44.9 Å². The van der Waals surface area contributed by atoms with Crippen LogP contribution in [0, 0.1) is 5.92 Å². The van der Waals surface area contributed by atoms with Gasteiger partial charge in [0.25, 0.3) is 0 Å². The van der Waals surface area contributed by atoms with E-state index in [4.69, 9.17) is 21.7 Å². The van der Waals surface area contributed by atoms with Crippen molar-refractivity contribution in [3.8, 4) is 0 Å². The van der Waals surface area contributed by atoms with E-state index >= 15 is 0 Å². The highest BCUT2D eigenvalue weighted by molar-refractivity contribution is 8.24. The number of methoxy groups -OCH3 is 2. The fourth-order valence-corrected chi connectivity index (χ4v) is 5.33. The maximum absolute atomic E-state index is 12.6. The Morgan fingerprint density at radius 2 is 1.70 bits per heavy atom. The van der Waals surface area contributed by atoms with E-state index in [1.54, 1.807) is 19.1 Å². The Hall–Kier alpha value is -2.26. The van der Waals surface area contributed by atoms with E-state index in [2.05, 4.69) is 5.32 Å². The highest BCUT2D eigenvalue weighted by Crippen LogP contribution is 2.34. The fourth-order valence-electron chi connectivity index (χ4n) is 3.82. The van der Waals surface area contributed by atoms with Gasteiger partial charge in [0.15, 0.2) is 0 Å². The minimum absolute atomic E-state index is 0.0745. The lowest BCUT2D eigenvalue weighted by molar-refractivity contribution is -0.183. The van der Waals surface area contributed by atoms with Gasteiger partial charge in [-0.2, -0.15) is 0 Å². The molecule has 8 heteroatoms. The average molecular weight is 487 g/mol. The van der Waals surface area contributed by atoms with Crippen molar-refractivity contribution in [1.82, 2.24) is 10.2 Å². The molecule has 176 valence electrons. The molecular weight excluding hydrogens is 456 g/mol. The Bertz CT molecular complexity index is 976. The number of carbonyl (C=O) groups is 2. The first kappa shape index (κ1) is 25.4. The molecule has 2 aromatic carbocycles. The highest BCUT2D eigenvalue weighted by Gasteiger charge is 2.38. The zero-order valence-electron chi connectivity index (χ0n) is 19.4. The quantitative estimate of drug-likeness (QED) is 0.403. The van der Waals surface area contributed by atoms with Gasteiger partial charge in [0.1, 0.15) is 4.32 Å². The molecule has 3 rings (SSSR count). The molecular formula is C25H30N2O4S2. The molecule has 0 radical (unpaired) electrons. The van der Waals surface area contributed by atoms with Crippen LogP contribution < -0.4 is 5.32 Å². The first-order valence-electron chi connectivity index (χ1n) is 10.8. The molecule has 1 unspecified atom stereocenters. The molecule has 1 aliphatic rings. The van der Waals surface area contributed by atoms with E-state index in [9.17, 15) is 9.59 Å². The number of nitrogens with one attached hydrogen (secondary N) is 1. The van der Waals surface area contributed by atoms with Crippen molar-refractivity contribution in [2.24, 2.45) is 5.92 Å². The first-order valence-corrected chi connectivity index (χ1v) is 12.1. The molecule has 1 heterocycles. The molecule has 0 aromatic heterocycles. The maximum Gasteiger partial charge on any atom is 0.242 e. The van der Waals surface area contributed by atoms with Crippen molar-refractivity contribution in [2.45, 2.75) is 37.9 Å². The van der Waals surface area contributed by atoms with Gasteiger partial charge in [0.05, 0.1) is 5.25 Å². The van der Waals surface area contributed by atoms with Crippen LogP contribution in [0.3, 0.4) is 0 Å². The summed E-state index contributed by atoms with van der Waals surface area (Å²) in [5, 5.41) is 2.46. The van der Waals surface area contributed by atoms with E-state index in [0.717, 1.165) is 16.7 Å². The van der Waals surface area contributed by atoms with E-state index in [0.29, 0.717) is 23.3 Å². The van der Waals surface area contributed by atoms with Gasteiger partial charge in [-0.1, -0.05) is 92.4 Å². The van der Waals surface area contributed by atoms with Crippen molar-refractivity contribution >= 4 is 40.1 Å². The van der Waals surface area contributed by atoms with Gasteiger partial charge in [-0.15, -0.1) is 0 Å². The SMILES string of the molecule is COC(OC)(c1ccccc1)c1ccc(CNC(=O)CC2SC(=S)N(CC(C)C)C2=O)cc1. The van der Waals surface area contributed by atoms with Gasteiger partial charge in [-0.3, -0.25) is 14.5 Å². The van der Waals surface area contributed by atoms with Crippen LogP contribution in [0.5, 0.6) is 0 Å². The van der Waals surface area contributed by atoms with Crippen LogP contribution in [0.15, 0.2) is 54.6 Å². The van der Waals surface area contributed by atoms with Crippen LogP contribution in [-0.2, 0) is 31.4 Å². The van der Waals surface area contributed by atoms with E-state index in [-0.39, 0.29) is 18.2 Å². The number of hydrogen-bond donors (Lipinski definition) is 1. The summed E-state index contributed by atoms with van der Waals surface area (Å²) in [6.45, 7) is 5.02. The first-order chi connectivity index (χ1) is 15.8. The molecule has 0 bridgehead atoms. The Kier molecular flexibility index (Phi) is 8.64. The summed E-state index contributed by atoms with van der Waals surface area (Å²) in [6, 6.07) is 17.5. The second-order valence-electron chi connectivity index (χ2n) is 8.28. The third-order valence-corrected chi connectivity index (χ3v) is 7.06. The summed E-state index contributed by atoms with van der Waals surface area (Å²) in [6.07, 6.45) is 0.112. The zero-order valence-corrected chi connectivity index (χ0v) is 21.0. The lowest BCUT2D eigenvalue weighted by atomic mass is 9.96. The fraction of sp³-hybridized carbons (Fsp3) is 0.400. The second kappa shape index (κ2) is 11.2. The molecule has 6 nitrogen and oxygen atoms in total. The lowest BCUT2D eigenvalue weighted by Crippen LogP contribution is -2.36. The largest absolute Gasteiger partial charge is 0.352 e. The topological polar surface area (TPSA) is 67.9 Å². The molecule has 1 saturated heterocycles. The van der Waals surface area contributed by atoms with E-state index in [1.165, 1.54) is 11.8 Å². The number of thiocarbonyl (C=S) groups is 1. The van der Waals surface area contributed by atoms with Crippen LogP contribution in [0.4, 0.5) is 0 Å². The Labute approximate surface area is 205 Å². The van der Waals surface area contributed by atoms with Crippen LogP contribution >= 0.6 is 24.0 Å². The summed E-state index contributed by atoms with van der Waals surface area (Å²) >= 11 is 6.62. The summed E-state index contributed by atoms with van der Waals surface area (Å²) in [5.74, 6) is -0.940. The average Bonchev–Trinajstić information content (AvgIpc) is 3.07. The van der Waals surface area contributed by atoms with Crippen molar-refractivity contribution < 1.29 is 19.1 Å². The van der Waals surface area contributed by atoms with Gasteiger partial charge in [-0.05, 0) is 11.5 Å². The number of nitrogens with zero attached hydrogens (tertiary/aromatic N) is 1. The smallest absolute Gasteiger partial charge is 0.242 e. The molecule has 1 fully saturated rings. The number of rotatable bonds is 10. The number of hydrogen-bond acceptors (Lipinski definition) is 6. The van der Waals surface area contributed by atoms with Gasteiger partial charge in [0.2, 0.25) is 17.6 Å². The molecule has 1 N–H and O–H groups in total. The molecule has 0 saturated carbocycles. The highest BCUT2D eigenvalue weighted by atomic mass is 32.2. The molecule has 1 aliphatic heterocycles. The summed E-state index contributed by atoms with van der Waals surface area (Å²) in [7, 11) is 3.22. The summed E-state index contributed by atoms with van der Waals surface area (Å²) in [5.41, 5.74) is 2.67. The molecule has 0 spiro atoms. The van der Waals surface area contributed by atoms with Crippen LogP contribution in [0.25, 0.3) is 0 Å². The minimum Gasteiger partial charge on any atom is -0.352 e. The van der Waals surface area contributed by atoms with Crippen molar-refractivity contribution in [3.05, 3.63) is 71.3 Å². The second-order valence-corrected chi connectivity index (χ2v) is 10.1. The number of amides is 2. The normalized spacial score (nSPS) is 16.5. The minimum atomic E-state index is -1.01. The molecule has 0 aliphatic carbocycles. The molecule has 33 heavy (non-hydrogen) atoms. The predicted molar refractivity (Wildman–Crippen MR) is 135 cm³/mol. The number of thioether (sulfide) groups is 1. The summed E-state index contributed by atoms with van der Waals surface area (Å²) in [4.78, 5) is 26.7. The zero-order chi connectivity index (χ0) is 24.0. The lowest BCUT2D eigenvalue weighted by Gasteiger charge is -2.32. The summed E-state index contributed by atoms with van der Waals surface area (Å²) < 4.78 is 12.1. The van der Waals surface area contributed by atoms with E-state index in [1.807, 2.05) is 68.4 Å². The van der Waals surface area contributed by atoms with Crippen molar-refractivity contribution in [3.63, 3.8) is 0 Å². The van der Waals surface area contributed by atoms with Crippen LogP contribution in [-0.4, -0.2) is 47.0 Å². The molecule has 2 aromatic rings. The maximum atomic E-state index is 12.6. The third kappa shape index (κ3) is 5.81. The van der Waals surface area contributed by atoms with Gasteiger partial charge >= 0.3 is 0 Å². The van der Waals surface area contributed by atoms with E-state index < -0.39 is 11.0 Å². The number of benzene rings is 2. The van der Waals surface area contributed by atoms with Crippen LogP contribution in [0.1, 0.15) is 37.0 Å². The van der Waals surface area contributed by atoms with Crippen molar-refractivity contribution in [2.75, 3.05) is 20.8 Å². The Morgan fingerprint density at radius 3 is 2.27 bits per heavy atom. The van der Waals surface area contributed by atoms with Crippen molar-refractivity contribution in [1.29, 1.82) is 0 Å². The predicted octanol–water partition coefficient (Wildman–Crippen LogP) is 4.07. The monoisotopic (exact) mass is 486 g/mol. The van der Waals surface area contributed by atoms with Crippen LogP contribution in [0.2, 0.25) is 0 Å². The number of ether oxygens (including phenoxy) is 2. The number of carbonyl (C=O) groups excluding carboxylic acids is 2.